The molecule has 30 heavy (non-hydrogen) atoms. The SMILES string of the molecule is COc1cc2cc(C(=O)Nc3ccc4[nH]c(C(=O)O)cc4c3)[nH]c2c(OC)c1OC. The summed E-state index contributed by atoms with van der Waals surface area (Å²) in [5.74, 6) is -0.0663. The topological polar surface area (TPSA) is 126 Å². The van der Waals surface area contributed by atoms with Gasteiger partial charge in [0.15, 0.2) is 11.5 Å². The molecule has 4 aromatic rings. The molecule has 2 aromatic carbocycles. The minimum Gasteiger partial charge on any atom is -0.493 e. The first kappa shape index (κ1) is 19.2. The van der Waals surface area contributed by atoms with Crippen molar-refractivity contribution in [1.29, 1.82) is 0 Å². The fraction of sp³-hybridized carbons (Fsp3) is 0.143. The summed E-state index contributed by atoms with van der Waals surface area (Å²) in [7, 11) is 4.54. The zero-order valence-corrected chi connectivity index (χ0v) is 16.5. The molecule has 1 amide bonds. The zero-order valence-electron chi connectivity index (χ0n) is 16.5. The number of hydrogen-bond acceptors (Lipinski definition) is 5. The number of H-pyrrole nitrogens is 2. The van der Waals surface area contributed by atoms with Crippen LogP contribution in [-0.4, -0.2) is 48.3 Å². The first-order valence-electron chi connectivity index (χ1n) is 8.94. The van der Waals surface area contributed by atoms with Crippen molar-refractivity contribution in [3.8, 4) is 17.2 Å². The third-order valence-corrected chi connectivity index (χ3v) is 4.77. The average Bonchev–Trinajstić information content (AvgIpc) is 3.35. The molecule has 9 nitrogen and oxygen atoms in total. The predicted octanol–water partition coefficient (Wildman–Crippen LogP) is 3.63. The molecule has 0 aliphatic rings. The van der Waals surface area contributed by atoms with Gasteiger partial charge in [0.2, 0.25) is 5.75 Å². The highest BCUT2D eigenvalue weighted by atomic mass is 16.5. The van der Waals surface area contributed by atoms with Crippen LogP contribution in [0.3, 0.4) is 0 Å². The number of aromatic nitrogens is 2. The molecule has 4 N–H and O–H groups in total. The van der Waals surface area contributed by atoms with Crippen molar-refractivity contribution in [3.05, 3.63) is 47.8 Å². The van der Waals surface area contributed by atoms with Crippen LogP contribution in [0.2, 0.25) is 0 Å². The summed E-state index contributed by atoms with van der Waals surface area (Å²) in [5.41, 5.74) is 2.20. The van der Waals surface area contributed by atoms with Crippen LogP contribution in [0.4, 0.5) is 5.69 Å². The number of methoxy groups -OCH3 is 3. The number of anilines is 1. The number of fused-ring (bicyclic) bond motifs is 2. The van der Waals surface area contributed by atoms with Gasteiger partial charge in [-0.3, -0.25) is 4.79 Å². The van der Waals surface area contributed by atoms with Gasteiger partial charge < -0.3 is 34.6 Å². The summed E-state index contributed by atoms with van der Waals surface area (Å²) in [4.78, 5) is 29.8. The number of carbonyl (C=O) groups excluding carboxylic acids is 1. The summed E-state index contributed by atoms with van der Waals surface area (Å²) in [6.07, 6.45) is 0. The summed E-state index contributed by atoms with van der Waals surface area (Å²) >= 11 is 0. The van der Waals surface area contributed by atoms with Gasteiger partial charge in [-0.05, 0) is 36.4 Å². The Labute approximate surface area is 170 Å². The summed E-state index contributed by atoms with van der Waals surface area (Å²) in [6, 6.07) is 10.1. The molecule has 2 aromatic heterocycles. The van der Waals surface area contributed by atoms with E-state index in [1.807, 2.05) is 0 Å². The number of nitrogens with one attached hydrogen (secondary N) is 3. The molecular formula is C21H19N3O6. The molecule has 4 rings (SSSR count). The number of ether oxygens (including phenoxy) is 3. The average molecular weight is 409 g/mol. The molecule has 0 aliphatic heterocycles. The van der Waals surface area contributed by atoms with Crippen molar-refractivity contribution in [1.82, 2.24) is 9.97 Å². The molecule has 0 saturated carbocycles. The summed E-state index contributed by atoms with van der Waals surface area (Å²) in [5, 5.41) is 13.3. The van der Waals surface area contributed by atoms with Crippen LogP contribution in [-0.2, 0) is 0 Å². The van der Waals surface area contributed by atoms with Gasteiger partial charge >= 0.3 is 5.97 Å². The lowest BCUT2D eigenvalue weighted by Gasteiger charge is -2.12. The van der Waals surface area contributed by atoms with E-state index in [0.717, 1.165) is 5.39 Å². The maximum atomic E-state index is 12.8. The number of carbonyl (C=O) groups is 2. The molecule has 2 heterocycles. The number of hydrogen-bond donors (Lipinski definition) is 4. The number of aromatic amines is 2. The lowest BCUT2D eigenvalue weighted by atomic mass is 10.2. The fourth-order valence-corrected chi connectivity index (χ4v) is 3.39. The zero-order chi connectivity index (χ0) is 21.4. The molecule has 9 heteroatoms. The highest BCUT2D eigenvalue weighted by Crippen LogP contribution is 2.43. The number of amides is 1. The Morgan fingerprint density at radius 1 is 0.867 bits per heavy atom. The Kier molecular flexibility index (Phi) is 4.71. The Balaban J connectivity index is 1.68. The monoisotopic (exact) mass is 409 g/mol. The smallest absolute Gasteiger partial charge is 0.352 e. The molecule has 0 bridgehead atoms. The van der Waals surface area contributed by atoms with Gasteiger partial charge in [0.25, 0.3) is 5.91 Å². The van der Waals surface area contributed by atoms with E-state index in [9.17, 15) is 9.59 Å². The van der Waals surface area contributed by atoms with Crippen LogP contribution >= 0.6 is 0 Å². The van der Waals surface area contributed by atoms with Crippen LogP contribution in [0.1, 0.15) is 21.0 Å². The van der Waals surface area contributed by atoms with Crippen molar-refractivity contribution in [3.63, 3.8) is 0 Å². The minimum absolute atomic E-state index is 0.0825. The Morgan fingerprint density at radius 2 is 1.60 bits per heavy atom. The minimum atomic E-state index is -1.05. The molecule has 0 atom stereocenters. The lowest BCUT2D eigenvalue weighted by Crippen LogP contribution is -2.12. The molecule has 154 valence electrons. The van der Waals surface area contributed by atoms with E-state index in [-0.39, 0.29) is 11.6 Å². The fourth-order valence-electron chi connectivity index (χ4n) is 3.39. The Hall–Kier alpha value is -4.14. The summed E-state index contributed by atoms with van der Waals surface area (Å²) in [6.45, 7) is 0. The first-order chi connectivity index (χ1) is 14.4. The van der Waals surface area contributed by atoms with Crippen molar-refractivity contribution >= 4 is 39.4 Å². The van der Waals surface area contributed by atoms with Crippen LogP contribution in [0, 0.1) is 0 Å². The second kappa shape index (κ2) is 7.36. The van der Waals surface area contributed by atoms with Gasteiger partial charge in [-0.25, -0.2) is 4.79 Å². The van der Waals surface area contributed by atoms with Gasteiger partial charge in [0.1, 0.15) is 11.4 Å². The van der Waals surface area contributed by atoms with E-state index in [1.165, 1.54) is 27.4 Å². The Morgan fingerprint density at radius 3 is 2.27 bits per heavy atom. The lowest BCUT2D eigenvalue weighted by molar-refractivity contribution is 0.0691. The van der Waals surface area contributed by atoms with Crippen molar-refractivity contribution < 1.29 is 28.9 Å². The largest absolute Gasteiger partial charge is 0.493 e. The molecule has 0 saturated heterocycles. The van der Waals surface area contributed by atoms with Crippen molar-refractivity contribution in [2.45, 2.75) is 0 Å². The third kappa shape index (κ3) is 3.16. The van der Waals surface area contributed by atoms with E-state index in [0.29, 0.717) is 45.0 Å². The maximum absolute atomic E-state index is 12.8. The second-order valence-corrected chi connectivity index (χ2v) is 6.54. The van der Waals surface area contributed by atoms with Crippen LogP contribution < -0.4 is 19.5 Å². The third-order valence-electron chi connectivity index (χ3n) is 4.77. The molecule has 0 radical (unpaired) electrons. The van der Waals surface area contributed by atoms with Crippen LogP contribution in [0.5, 0.6) is 17.2 Å². The number of rotatable bonds is 6. The molecule has 0 unspecified atom stereocenters. The second-order valence-electron chi connectivity index (χ2n) is 6.54. The Bertz CT molecular complexity index is 1290. The number of benzene rings is 2. The highest BCUT2D eigenvalue weighted by Gasteiger charge is 2.20. The number of carboxylic acids is 1. The van der Waals surface area contributed by atoms with Crippen molar-refractivity contribution in [2.24, 2.45) is 0 Å². The van der Waals surface area contributed by atoms with Gasteiger partial charge in [-0.15, -0.1) is 0 Å². The van der Waals surface area contributed by atoms with Crippen molar-refractivity contribution in [2.75, 3.05) is 26.6 Å². The highest BCUT2D eigenvalue weighted by molar-refractivity contribution is 6.08. The number of aromatic carboxylic acids is 1. The standard InChI is InChI=1S/C21H19N3O6/c1-28-16-9-11-8-14(24-17(11)19(30-3)18(16)29-2)20(25)22-12-4-5-13-10(6-12)7-15(23-13)21(26)27/h4-9,23-24H,1-3H3,(H,22,25)(H,26,27). The maximum Gasteiger partial charge on any atom is 0.352 e. The molecule has 0 spiro atoms. The van der Waals surface area contributed by atoms with Gasteiger partial charge in [0, 0.05) is 22.0 Å². The van der Waals surface area contributed by atoms with Gasteiger partial charge in [-0.1, -0.05) is 0 Å². The number of carboxylic acid groups (broad SMARTS) is 1. The van der Waals surface area contributed by atoms with Gasteiger partial charge in [0.05, 0.1) is 26.8 Å². The van der Waals surface area contributed by atoms with Crippen LogP contribution in [0.15, 0.2) is 36.4 Å². The first-order valence-corrected chi connectivity index (χ1v) is 8.94. The summed E-state index contributed by atoms with van der Waals surface area (Å²) < 4.78 is 16.2. The van der Waals surface area contributed by atoms with E-state index in [4.69, 9.17) is 19.3 Å². The molecule has 0 fully saturated rings. The molecule has 0 aliphatic carbocycles. The van der Waals surface area contributed by atoms with E-state index in [2.05, 4.69) is 15.3 Å². The molecular weight excluding hydrogens is 390 g/mol. The van der Waals surface area contributed by atoms with E-state index >= 15 is 0 Å². The normalized spacial score (nSPS) is 10.9. The van der Waals surface area contributed by atoms with E-state index < -0.39 is 5.97 Å². The van der Waals surface area contributed by atoms with Gasteiger partial charge in [-0.2, -0.15) is 0 Å². The van der Waals surface area contributed by atoms with Crippen LogP contribution in [0.25, 0.3) is 21.8 Å². The quantitative estimate of drug-likeness (QED) is 0.385. The predicted molar refractivity (Wildman–Crippen MR) is 111 cm³/mol. The van der Waals surface area contributed by atoms with E-state index in [1.54, 1.807) is 30.3 Å².